The summed E-state index contributed by atoms with van der Waals surface area (Å²) in [6, 6.07) is 5.56. The Bertz CT molecular complexity index is 1000. The first-order valence-corrected chi connectivity index (χ1v) is 8.17. The zero-order valence-electron chi connectivity index (χ0n) is 13.4. The number of hydrogen-bond acceptors (Lipinski definition) is 5. The van der Waals surface area contributed by atoms with Gasteiger partial charge in [0.15, 0.2) is 0 Å². The van der Waals surface area contributed by atoms with Gasteiger partial charge in [-0.2, -0.15) is 0 Å². The normalized spacial score (nSPS) is 13.1. The number of aromatic nitrogens is 3. The number of nitrogens with zero attached hydrogens (tertiary/aromatic N) is 2. The van der Waals surface area contributed by atoms with Crippen molar-refractivity contribution in [3.05, 3.63) is 57.7 Å². The molecule has 3 aromatic rings. The average Bonchev–Trinajstić information content (AvgIpc) is 3.23. The van der Waals surface area contributed by atoms with Gasteiger partial charge >= 0.3 is 0 Å². The van der Waals surface area contributed by atoms with E-state index in [1.165, 1.54) is 12.5 Å². The zero-order valence-corrected chi connectivity index (χ0v) is 14.1. The molecule has 4 rings (SSSR count). The van der Waals surface area contributed by atoms with Crippen LogP contribution in [0, 0.1) is 0 Å². The molecule has 0 spiro atoms. The summed E-state index contributed by atoms with van der Waals surface area (Å²) in [5.74, 6) is 1.50. The molecule has 0 radical (unpaired) electrons. The van der Waals surface area contributed by atoms with Crippen LogP contribution >= 0.6 is 11.6 Å². The number of anilines is 1. The summed E-state index contributed by atoms with van der Waals surface area (Å²) in [6.07, 6.45) is 4.92. The van der Waals surface area contributed by atoms with Crippen LogP contribution in [0.15, 0.2) is 45.9 Å². The highest BCUT2D eigenvalue weighted by Crippen LogP contribution is 2.33. The van der Waals surface area contributed by atoms with Gasteiger partial charge in [0.25, 0.3) is 5.56 Å². The number of rotatable bonds is 4. The molecule has 0 saturated heterocycles. The van der Waals surface area contributed by atoms with Crippen molar-refractivity contribution < 1.29 is 9.15 Å². The van der Waals surface area contributed by atoms with E-state index in [1.54, 1.807) is 10.7 Å². The number of nitrogens with one attached hydrogen (secondary N) is 2. The molecule has 0 aliphatic carbocycles. The van der Waals surface area contributed by atoms with Crippen LogP contribution in [0.2, 0.25) is 5.02 Å². The Hall–Kier alpha value is -2.93. The summed E-state index contributed by atoms with van der Waals surface area (Å²) in [4.78, 5) is 16.3. The van der Waals surface area contributed by atoms with Gasteiger partial charge in [0.2, 0.25) is 5.89 Å². The lowest BCUT2D eigenvalue weighted by atomic mass is 10.1. The van der Waals surface area contributed by atoms with Crippen molar-refractivity contribution in [2.45, 2.75) is 13.5 Å². The smallest absolute Gasteiger partial charge is 0.279 e. The third-order valence-electron chi connectivity index (χ3n) is 3.89. The van der Waals surface area contributed by atoms with E-state index in [0.29, 0.717) is 35.3 Å². The van der Waals surface area contributed by atoms with Gasteiger partial charge in [-0.1, -0.05) is 17.7 Å². The van der Waals surface area contributed by atoms with Crippen molar-refractivity contribution in [2.24, 2.45) is 0 Å². The van der Waals surface area contributed by atoms with E-state index < -0.39 is 0 Å². The van der Waals surface area contributed by atoms with E-state index in [2.05, 4.69) is 15.4 Å². The Morgan fingerprint density at radius 1 is 1.44 bits per heavy atom. The van der Waals surface area contributed by atoms with Gasteiger partial charge in [-0.25, -0.2) is 4.98 Å². The van der Waals surface area contributed by atoms with Crippen molar-refractivity contribution in [1.82, 2.24) is 14.8 Å². The molecule has 7 nitrogen and oxygen atoms in total. The second kappa shape index (κ2) is 6.18. The Morgan fingerprint density at radius 3 is 3.08 bits per heavy atom. The van der Waals surface area contributed by atoms with Crippen LogP contribution < -0.4 is 15.6 Å². The average molecular weight is 359 g/mol. The summed E-state index contributed by atoms with van der Waals surface area (Å²) in [6.45, 7) is 2.95. The lowest BCUT2D eigenvalue weighted by molar-refractivity contribution is 0.340. The molecule has 0 bridgehead atoms. The van der Waals surface area contributed by atoms with Gasteiger partial charge in [-0.15, -0.1) is 0 Å². The van der Waals surface area contributed by atoms with Crippen molar-refractivity contribution in [2.75, 3.05) is 11.9 Å². The van der Waals surface area contributed by atoms with E-state index >= 15 is 0 Å². The molecule has 2 aromatic heterocycles. The summed E-state index contributed by atoms with van der Waals surface area (Å²) >= 11 is 6.16. The van der Waals surface area contributed by atoms with Gasteiger partial charge in [0.1, 0.15) is 23.4 Å². The summed E-state index contributed by atoms with van der Waals surface area (Å²) < 4.78 is 12.6. The number of fused-ring (bicyclic) bond motifs is 1. The minimum atomic E-state index is -0.259. The molecule has 128 valence electrons. The lowest BCUT2D eigenvalue weighted by Crippen LogP contribution is -2.14. The van der Waals surface area contributed by atoms with E-state index in [1.807, 2.05) is 25.1 Å². The maximum absolute atomic E-state index is 12.3. The molecule has 3 heterocycles. The highest BCUT2D eigenvalue weighted by atomic mass is 35.5. The van der Waals surface area contributed by atoms with Crippen LogP contribution in [0.3, 0.4) is 0 Å². The van der Waals surface area contributed by atoms with E-state index in [9.17, 15) is 4.79 Å². The third kappa shape index (κ3) is 2.72. The molecular weight excluding hydrogens is 344 g/mol. The van der Waals surface area contributed by atoms with E-state index in [0.717, 1.165) is 11.3 Å². The van der Waals surface area contributed by atoms with Crippen LogP contribution in [0.1, 0.15) is 12.5 Å². The number of hydrogen-bond donors (Lipinski definition) is 2. The van der Waals surface area contributed by atoms with Gasteiger partial charge in [0, 0.05) is 11.3 Å². The van der Waals surface area contributed by atoms with Gasteiger partial charge < -0.3 is 14.5 Å². The molecule has 0 amide bonds. The minimum Gasteiger partial charge on any atom is -0.492 e. The van der Waals surface area contributed by atoms with Crippen molar-refractivity contribution in [1.29, 1.82) is 0 Å². The Kier molecular flexibility index (Phi) is 3.85. The fourth-order valence-corrected chi connectivity index (χ4v) is 2.95. The summed E-state index contributed by atoms with van der Waals surface area (Å²) in [5.41, 5.74) is 1.87. The molecule has 0 saturated carbocycles. The third-order valence-corrected chi connectivity index (χ3v) is 4.20. The molecular formula is C17H15ClN4O3. The topological polar surface area (TPSA) is 85.1 Å². The number of allylic oxidation sites excluding steroid dienone is 1. The monoisotopic (exact) mass is 358 g/mol. The number of benzene rings is 1. The van der Waals surface area contributed by atoms with Gasteiger partial charge in [-0.05, 0) is 25.1 Å². The fraction of sp³-hybridized carbons (Fsp3) is 0.176. The molecule has 1 aliphatic rings. The lowest BCUT2D eigenvalue weighted by Gasteiger charge is -2.19. The van der Waals surface area contributed by atoms with Crippen LogP contribution in [-0.2, 0) is 6.54 Å². The predicted octanol–water partition coefficient (Wildman–Crippen LogP) is 3.35. The van der Waals surface area contributed by atoms with Gasteiger partial charge in [0.05, 0.1) is 24.4 Å². The number of aromatic amines is 1. The first kappa shape index (κ1) is 15.6. The first-order valence-electron chi connectivity index (χ1n) is 7.80. The first-order chi connectivity index (χ1) is 12.2. The standard InChI is InChI=1S/C17H15ClN4O3/c1-2-24-13-9-10(3-4-11(13)18)12-5-7-22-15(20-12)14(16(23)21-22)17-19-6-8-25-17/h3-6,8-9,20H,2,7H2,1H3,(H,21,23). The molecule has 1 aromatic carbocycles. The number of oxazole rings is 1. The number of ether oxygens (including phenoxy) is 1. The van der Waals surface area contributed by atoms with Crippen LogP contribution in [0.25, 0.3) is 17.2 Å². The molecule has 25 heavy (non-hydrogen) atoms. The summed E-state index contributed by atoms with van der Waals surface area (Å²) in [5, 5.41) is 6.60. The largest absolute Gasteiger partial charge is 0.492 e. The second-order valence-electron chi connectivity index (χ2n) is 5.43. The molecule has 8 heteroatoms. The maximum atomic E-state index is 12.3. The minimum absolute atomic E-state index is 0.259. The van der Waals surface area contributed by atoms with E-state index in [4.69, 9.17) is 20.8 Å². The van der Waals surface area contributed by atoms with Crippen LogP contribution in [-0.4, -0.2) is 21.4 Å². The highest BCUT2D eigenvalue weighted by Gasteiger charge is 2.23. The predicted molar refractivity (Wildman–Crippen MR) is 94.8 cm³/mol. The quantitative estimate of drug-likeness (QED) is 0.747. The van der Waals surface area contributed by atoms with Crippen molar-refractivity contribution in [3.8, 4) is 17.2 Å². The second-order valence-corrected chi connectivity index (χ2v) is 5.84. The van der Waals surface area contributed by atoms with Crippen molar-refractivity contribution >= 4 is 23.1 Å². The number of H-pyrrole nitrogens is 1. The van der Waals surface area contributed by atoms with Gasteiger partial charge in [-0.3, -0.25) is 14.6 Å². The fourth-order valence-electron chi connectivity index (χ4n) is 2.78. The Labute approximate surface area is 147 Å². The van der Waals surface area contributed by atoms with E-state index in [-0.39, 0.29) is 11.4 Å². The van der Waals surface area contributed by atoms with Crippen molar-refractivity contribution in [3.63, 3.8) is 0 Å². The maximum Gasteiger partial charge on any atom is 0.279 e. The Balaban J connectivity index is 1.72. The Morgan fingerprint density at radius 2 is 2.32 bits per heavy atom. The molecule has 2 N–H and O–H groups in total. The molecule has 0 fully saturated rings. The number of halogens is 1. The molecule has 0 atom stereocenters. The van der Waals surface area contributed by atoms with Crippen LogP contribution in [0.4, 0.5) is 5.82 Å². The summed E-state index contributed by atoms with van der Waals surface area (Å²) in [7, 11) is 0. The zero-order chi connectivity index (χ0) is 17.4. The molecule has 0 unspecified atom stereocenters. The van der Waals surface area contributed by atoms with Crippen LogP contribution in [0.5, 0.6) is 5.75 Å². The highest BCUT2D eigenvalue weighted by molar-refractivity contribution is 6.32. The SMILES string of the molecule is CCOc1cc(C2=CCn3[nH]c(=O)c(-c4ncco4)c3N2)ccc1Cl. The molecule has 1 aliphatic heterocycles.